The molecule has 0 aromatic heterocycles. The molecule has 1 aliphatic carbocycles. The summed E-state index contributed by atoms with van der Waals surface area (Å²) >= 11 is 0. The van der Waals surface area contributed by atoms with E-state index in [9.17, 15) is 9.59 Å². The van der Waals surface area contributed by atoms with Gasteiger partial charge in [-0.25, -0.2) is 0 Å². The van der Waals surface area contributed by atoms with Gasteiger partial charge in [-0.2, -0.15) is 0 Å². The van der Waals surface area contributed by atoms with E-state index in [0.29, 0.717) is 12.8 Å². The van der Waals surface area contributed by atoms with Crippen LogP contribution in [0.15, 0.2) is 24.3 Å². The number of rotatable bonds is 6. The number of unbranched alkanes of at least 4 members (excludes halogenated alkanes) is 1. The van der Waals surface area contributed by atoms with E-state index >= 15 is 0 Å². The third-order valence-corrected chi connectivity index (χ3v) is 4.38. The minimum absolute atomic E-state index is 0.148. The van der Waals surface area contributed by atoms with Gasteiger partial charge in [0.25, 0.3) is 0 Å². The van der Waals surface area contributed by atoms with Gasteiger partial charge in [0, 0.05) is 11.8 Å². The molecule has 1 aromatic rings. The molecule has 0 saturated carbocycles. The molecular weight excluding hydrogens is 252 g/mol. The quantitative estimate of drug-likeness (QED) is 0.454. The molecule has 2 rings (SSSR count). The Morgan fingerprint density at radius 1 is 1.40 bits per heavy atom. The number of ether oxygens (including phenoxy) is 1. The highest BCUT2D eigenvalue weighted by Crippen LogP contribution is 2.43. The van der Waals surface area contributed by atoms with Gasteiger partial charge in [-0.05, 0) is 43.2 Å². The maximum Gasteiger partial charge on any atom is 0.306 e. The van der Waals surface area contributed by atoms with Crippen LogP contribution in [0.3, 0.4) is 0 Å². The first kappa shape index (κ1) is 14.8. The van der Waals surface area contributed by atoms with Crippen LogP contribution in [0.2, 0.25) is 0 Å². The van der Waals surface area contributed by atoms with Crippen LogP contribution in [-0.4, -0.2) is 19.4 Å². The first-order valence-corrected chi connectivity index (χ1v) is 7.31. The highest BCUT2D eigenvalue weighted by molar-refractivity contribution is 5.71. The lowest BCUT2D eigenvalue weighted by Gasteiger charge is -2.38. The number of hydrogen-bond donors (Lipinski definition) is 0. The zero-order valence-corrected chi connectivity index (χ0v) is 12.1. The number of methoxy groups -OCH3 is 1. The molecule has 3 heteroatoms. The van der Waals surface area contributed by atoms with Gasteiger partial charge in [-0.1, -0.05) is 24.3 Å². The molecule has 108 valence electrons. The number of benzene rings is 1. The molecule has 0 radical (unpaired) electrons. The van der Waals surface area contributed by atoms with E-state index in [0.717, 1.165) is 38.4 Å². The summed E-state index contributed by atoms with van der Waals surface area (Å²) in [4.78, 5) is 22.4. The molecular formula is C17H22O3. The molecule has 1 aromatic carbocycles. The molecule has 0 fully saturated rings. The summed E-state index contributed by atoms with van der Waals surface area (Å²) in [5.74, 6) is -0.159. The Hall–Kier alpha value is -1.64. The molecule has 20 heavy (non-hydrogen) atoms. The SMILES string of the molecule is COC(=O)CC1(CCCC=O)CCCc2ccccc21. The van der Waals surface area contributed by atoms with E-state index in [4.69, 9.17) is 4.74 Å². The van der Waals surface area contributed by atoms with Crippen molar-refractivity contribution in [3.63, 3.8) is 0 Å². The summed E-state index contributed by atoms with van der Waals surface area (Å²) in [5, 5.41) is 0. The molecule has 1 aliphatic rings. The van der Waals surface area contributed by atoms with Crippen molar-refractivity contribution in [2.24, 2.45) is 0 Å². The maximum absolute atomic E-state index is 11.8. The summed E-state index contributed by atoms with van der Waals surface area (Å²) in [7, 11) is 1.44. The van der Waals surface area contributed by atoms with Gasteiger partial charge >= 0.3 is 5.97 Å². The summed E-state index contributed by atoms with van der Waals surface area (Å²) in [6, 6.07) is 8.38. The second-order valence-electron chi connectivity index (χ2n) is 5.60. The van der Waals surface area contributed by atoms with Crippen molar-refractivity contribution in [3.05, 3.63) is 35.4 Å². The number of aldehydes is 1. The standard InChI is InChI=1S/C17H22O3/c1-20-16(19)13-17(10-4-5-12-18)11-6-8-14-7-2-3-9-15(14)17/h2-3,7,9,12H,4-6,8,10-11,13H2,1H3. The van der Waals surface area contributed by atoms with Gasteiger partial charge in [0.15, 0.2) is 0 Å². The Labute approximate surface area is 120 Å². The van der Waals surface area contributed by atoms with Gasteiger partial charge < -0.3 is 9.53 Å². The van der Waals surface area contributed by atoms with Crippen LogP contribution in [0.4, 0.5) is 0 Å². The maximum atomic E-state index is 11.8. The smallest absolute Gasteiger partial charge is 0.306 e. The van der Waals surface area contributed by atoms with Crippen molar-refractivity contribution in [1.29, 1.82) is 0 Å². The van der Waals surface area contributed by atoms with Crippen LogP contribution in [0.1, 0.15) is 49.7 Å². The summed E-state index contributed by atoms with van der Waals surface area (Å²) in [5.41, 5.74) is 2.47. The minimum Gasteiger partial charge on any atom is -0.469 e. The average Bonchev–Trinajstić information content (AvgIpc) is 2.48. The molecule has 1 unspecified atom stereocenters. The number of hydrogen-bond acceptors (Lipinski definition) is 3. The number of fused-ring (bicyclic) bond motifs is 1. The van der Waals surface area contributed by atoms with E-state index in [1.165, 1.54) is 18.2 Å². The monoisotopic (exact) mass is 274 g/mol. The Balaban J connectivity index is 2.31. The number of esters is 1. The van der Waals surface area contributed by atoms with E-state index < -0.39 is 0 Å². The third kappa shape index (κ3) is 3.09. The number of carbonyl (C=O) groups excluding carboxylic acids is 2. The fourth-order valence-corrected chi connectivity index (χ4v) is 3.41. The van der Waals surface area contributed by atoms with Gasteiger partial charge in [-0.3, -0.25) is 4.79 Å². The normalized spacial score (nSPS) is 21.1. The van der Waals surface area contributed by atoms with Gasteiger partial charge in [0.05, 0.1) is 13.5 Å². The van der Waals surface area contributed by atoms with Crippen molar-refractivity contribution in [2.45, 2.75) is 50.4 Å². The van der Waals surface area contributed by atoms with Crippen molar-refractivity contribution in [1.82, 2.24) is 0 Å². The molecule has 0 saturated heterocycles. The fourth-order valence-electron chi connectivity index (χ4n) is 3.41. The van der Waals surface area contributed by atoms with Crippen LogP contribution in [0.5, 0.6) is 0 Å². The largest absolute Gasteiger partial charge is 0.469 e. The first-order chi connectivity index (χ1) is 9.72. The highest BCUT2D eigenvalue weighted by Gasteiger charge is 2.38. The third-order valence-electron chi connectivity index (χ3n) is 4.38. The zero-order chi connectivity index (χ0) is 14.4. The molecule has 0 spiro atoms. The lowest BCUT2D eigenvalue weighted by atomic mass is 9.65. The first-order valence-electron chi connectivity index (χ1n) is 7.31. The van der Waals surface area contributed by atoms with Crippen LogP contribution >= 0.6 is 0 Å². The fraction of sp³-hybridized carbons (Fsp3) is 0.529. The van der Waals surface area contributed by atoms with Crippen molar-refractivity contribution in [2.75, 3.05) is 7.11 Å². The molecule has 0 amide bonds. The molecule has 0 aliphatic heterocycles. The van der Waals surface area contributed by atoms with Gasteiger partial charge in [0.1, 0.15) is 6.29 Å². The van der Waals surface area contributed by atoms with Crippen LogP contribution in [0.25, 0.3) is 0 Å². The summed E-state index contributed by atoms with van der Waals surface area (Å²) in [6.45, 7) is 0. The average molecular weight is 274 g/mol. The zero-order valence-electron chi connectivity index (χ0n) is 12.1. The van der Waals surface area contributed by atoms with E-state index in [-0.39, 0.29) is 11.4 Å². The van der Waals surface area contributed by atoms with E-state index in [2.05, 4.69) is 18.2 Å². The summed E-state index contributed by atoms with van der Waals surface area (Å²) in [6.07, 6.45) is 6.80. The second kappa shape index (κ2) is 6.69. The molecule has 0 N–H and O–H groups in total. The van der Waals surface area contributed by atoms with Gasteiger partial charge in [0.2, 0.25) is 0 Å². The van der Waals surface area contributed by atoms with Crippen molar-refractivity contribution in [3.8, 4) is 0 Å². The Morgan fingerprint density at radius 3 is 2.95 bits per heavy atom. The second-order valence-corrected chi connectivity index (χ2v) is 5.60. The predicted molar refractivity (Wildman–Crippen MR) is 77.6 cm³/mol. The number of aryl methyl sites for hydroxylation is 1. The van der Waals surface area contributed by atoms with Crippen LogP contribution in [-0.2, 0) is 26.2 Å². The molecule has 0 heterocycles. The lowest BCUT2D eigenvalue weighted by Crippen LogP contribution is -2.34. The van der Waals surface area contributed by atoms with E-state index in [1.807, 2.05) is 6.07 Å². The predicted octanol–water partition coefficient (Wildman–Crippen LogP) is 3.19. The van der Waals surface area contributed by atoms with Crippen LogP contribution in [0, 0.1) is 0 Å². The van der Waals surface area contributed by atoms with Crippen molar-refractivity contribution >= 4 is 12.3 Å². The minimum atomic E-state index is -0.159. The lowest BCUT2D eigenvalue weighted by molar-refractivity contribution is -0.142. The Kier molecular flexibility index (Phi) is 4.94. The molecule has 1 atom stereocenters. The molecule has 0 bridgehead atoms. The van der Waals surface area contributed by atoms with Crippen LogP contribution < -0.4 is 0 Å². The Morgan fingerprint density at radius 2 is 2.20 bits per heavy atom. The van der Waals surface area contributed by atoms with Crippen molar-refractivity contribution < 1.29 is 14.3 Å². The van der Waals surface area contributed by atoms with E-state index in [1.54, 1.807) is 0 Å². The highest BCUT2D eigenvalue weighted by atomic mass is 16.5. The summed E-state index contributed by atoms with van der Waals surface area (Å²) < 4.78 is 4.89. The molecule has 3 nitrogen and oxygen atoms in total. The Bertz CT molecular complexity index is 481. The number of carbonyl (C=O) groups is 2. The topological polar surface area (TPSA) is 43.4 Å². The van der Waals surface area contributed by atoms with Gasteiger partial charge in [-0.15, -0.1) is 0 Å².